The van der Waals surface area contributed by atoms with Crippen LogP contribution in [0, 0.1) is 5.92 Å². The van der Waals surface area contributed by atoms with Crippen LogP contribution in [0.15, 0.2) is 30.3 Å². The predicted molar refractivity (Wildman–Crippen MR) is 82.3 cm³/mol. The quantitative estimate of drug-likeness (QED) is 0.807. The molecule has 19 heavy (non-hydrogen) atoms. The Hall–Kier alpha value is -0.860. The molecular formula is C17H28N2. The smallest absolute Gasteiger partial charge is 0.0329 e. The highest BCUT2D eigenvalue weighted by molar-refractivity contribution is 5.18. The van der Waals surface area contributed by atoms with E-state index in [1.54, 1.807) is 0 Å². The Balaban J connectivity index is 1.76. The minimum Gasteiger partial charge on any atom is -0.313 e. The molecule has 2 nitrogen and oxygen atoms in total. The van der Waals surface area contributed by atoms with Gasteiger partial charge in [0.2, 0.25) is 0 Å². The van der Waals surface area contributed by atoms with Crippen LogP contribution in [0.3, 0.4) is 0 Å². The highest BCUT2D eigenvalue weighted by Gasteiger charge is 2.17. The summed E-state index contributed by atoms with van der Waals surface area (Å²) in [6.45, 7) is 2.46. The Morgan fingerprint density at radius 3 is 2.53 bits per heavy atom. The molecule has 106 valence electrons. The normalized spacial score (nSPS) is 18.1. The van der Waals surface area contributed by atoms with Gasteiger partial charge in [0.15, 0.2) is 0 Å². The van der Waals surface area contributed by atoms with Gasteiger partial charge in [-0.15, -0.1) is 0 Å². The third-order valence-corrected chi connectivity index (χ3v) is 4.39. The van der Waals surface area contributed by atoms with Crippen LogP contribution in [0.1, 0.15) is 43.7 Å². The molecule has 1 atom stereocenters. The molecule has 2 heteroatoms. The van der Waals surface area contributed by atoms with Crippen LogP contribution in [0.5, 0.6) is 0 Å². The van der Waals surface area contributed by atoms with Gasteiger partial charge in [-0.2, -0.15) is 0 Å². The van der Waals surface area contributed by atoms with Crippen molar-refractivity contribution in [3.63, 3.8) is 0 Å². The lowest BCUT2D eigenvalue weighted by atomic mass is 10.0. The van der Waals surface area contributed by atoms with Crippen LogP contribution < -0.4 is 5.32 Å². The molecule has 2 rings (SSSR count). The number of nitrogens with one attached hydrogen (secondary N) is 1. The summed E-state index contributed by atoms with van der Waals surface area (Å²) >= 11 is 0. The van der Waals surface area contributed by atoms with E-state index in [1.165, 1.54) is 50.8 Å². The van der Waals surface area contributed by atoms with E-state index < -0.39 is 0 Å². The molecule has 1 aliphatic rings. The van der Waals surface area contributed by atoms with E-state index in [1.807, 2.05) is 0 Å². The predicted octanol–water partition coefficient (Wildman–Crippen LogP) is 3.46. The molecule has 1 aliphatic carbocycles. The molecule has 1 fully saturated rings. The van der Waals surface area contributed by atoms with Crippen molar-refractivity contribution >= 4 is 0 Å². The zero-order valence-electron chi connectivity index (χ0n) is 12.4. The SMILES string of the molecule is CNC(CCN(C)CC1CCCC1)c1ccccc1. The van der Waals surface area contributed by atoms with E-state index in [9.17, 15) is 0 Å². The maximum Gasteiger partial charge on any atom is 0.0329 e. The van der Waals surface area contributed by atoms with Crippen molar-refractivity contribution in [1.29, 1.82) is 0 Å². The second-order valence-corrected chi connectivity index (χ2v) is 5.95. The van der Waals surface area contributed by atoms with Gasteiger partial charge in [0.1, 0.15) is 0 Å². The average Bonchev–Trinajstić information content (AvgIpc) is 2.93. The summed E-state index contributed by atoms with van der Waals surface area (Å²) in [5, 5.41) is 3.44. The van der Waals surface area contributed by atoms with Crippen LogP contribution >= 0.6 is 0 Å². The lowest BCUT2D eigenvalue weighted by molar-refractivity contribution is 0.264. The molecule has 1 unspecified atom stereocenters. The van der Waals surface area contributed by atoms with Crippen molar-refractivity contribution in [3.8, 4) is 0 Å². The van der Waals surface area contributed by atoms with Crippen LogP contribution in [0.25, 0.3) is 0 Å². The molecule has 0 radical (unpaired) electrons. The molecule has 0 saturated heterocycles. The van der Waals surface area contributed by atoms with Gasteiger partial charge < -0.3 is 10.2 Å². The van der Waals surface area contributed by atoms with Gasteiger partial charge >= 0.3 is 0 Å². The first-order chi connectivity index (χ1) is 9.29. The molecule has 0 amide bonds. The van der Waals surface area contributed by atoms with Gasteiger partial charge in [0, 0.05) is 12.6 Å². The summed E-state index contributed by atoms with van der Waals surface area (Å²) in [4.78, 5) is 2.52. The Kier molecular flexibility index (Phi) is 5.87. The van der Waals surface area contributed by atoms with Crippen molar-refractivity contribution in [3.05, 3.63) is 35.9 Å². The fraction of sp³-hybridized carbons (Fsp3) is 0.647. The van der Waals surface area contributed by atoms with E-state index in [4.69, 9.17) is 0 Å². The average molecular weight is 260 g/mol. The minimum atomic E-state index is 0.479. The van der Waals surface area contributed by atoms with Gasteiger partial charge in [-0.25, -0.2) is 0 Å². The summed E-state index contributed by atoms with van der Waals surface area (Å²) in [5.41, 5.74) is 1.40. The highest BCUT2D eigenvalue weighted by Crippen LogP contribution is 2.25. The first kappa shape index (κ1) is 14.5. The van der Waals surface area contributed by atoms with Crippen molar-refractivity contribution in [1.82, 2.24) is 10.2 Å². The van der Waals surface area contributed by atoms with Crippen LogP contribution in [-0.4, -0.2) is 32.1 Å². The van der Waals surface area contributed by atoms with Gasteiger partial charge in [-0.05, 0) is 51.4 Å². The van der Waals surface area contributed by atoms with Gasteiger partial charge in [-0.1, -0.05) is 43.2 Å². The lowest BCUT2D eigenvalue weighted by Crippen LogP contribution is -2.29. The largest absolute Gasteiger partial charge is 0.313 e. The minimum absolute atomic E-state index is 0.479. The summed E-state index contributed by atoms with van der Waals surface area (Å²) in [6, 6.07) is 11.3. The number of rotatable bonds is 7. The number of nitrogens with zero attached hydrogens (tertiary/aromatic N) is 1. The highest BCUT2D eigenvalue weighted by atomic mass is 15.1. The summed E-state index contributed by atoms with van der Waals surface area (Å²) in [5.74, 6) is 0.953. The summed E-state index contributed by atoms with van der Waals surface area (Å²) < 4.78 is 0. The Labute approximate surface area is 118 Å². The molecule has 1 N–H and O–H groups in total. The first-order valence-electron chi connectivity index (χ1n) is 7.70. The van der Waals surface area contributed by atoms with Crippen LogP contribution in [-0.2, 0) is 0 Å². The van der Waals surface area contributed by atoms with E-state index in [0.29, 0.717) is 6.04 Å². The van der Waals surface area contributed by atoms with Crippen molar-refractivity contribution in [2.24, 2.45) is 5.92 Å². The molecule has 0 aliphatic heterocycles. The molecule has 0 spiro atoms. The first-order valence-corrected chi connectivity index (χ1v) is 7.70. The van der Waals surface area contributed by atoms with E-state index in [-0.39, 0.29) is 0 Å². The second kappa shape index (κ2) is 7.66. The van der Waals surface area contributed by atoms with Crippen molar-refractivity contribution < 1.29 is 0 Å². The maximum atomic E-state index is 3.44. The second-order valence-electron chi connectivity index (χ2n) is 5.95. The van der Waals surface area contributed by atoms with Crippen LogP contribution in [0.2, 0.25) is 0 Å². The van der Waals surface area contributed by atoms with Crippen LogP contribution in [0.4, 0.5) is 0 Å². The number of hydrogen-bond acceptors (Lipinski definition) is 2. The zero-order valence-corrected chi connectivity index (χ0v) is 12.4. The lowest BCUT2D eigenvalue weighted by Gasteiger charge is -2.24. The Morgan fingerprint density at radius 1 is 1.21 bits per heavy atom. The Morgan fingerprint density at radius 2 is 1.89 bits per heavy atom. The van der Waals surface area contributed by atoms with Gasteiger partial charge in [0.05, 0.1) is 0 Å². The standard InChI is InChI=1S/C17H28N2/c1-18-17(16-10-4-3-5-11-16)12-13-19(2)14-15-8-6-7-9-15/h3-5,10-11,15,17-18H,6-9,12-14H2,1-2H3. The molecule has 0 heterocycles. The number of benzene rings is 1. The Bertz CT molecular complexity index is 344. The number of hydrogen-bond donors (Lipinski definition) is 1. The summed E-state index contributed by atoms with van der Waals surface area (Å²) in [6.07, 6.45) is 6.96. The van der Waals surface area contributed by atoms with Gasteiger partial charge in [-0.3, -0.25) is 0 Å². The van der Waals surface area contributed by atoms with E-state index >= 15 is 0 Å². The third kappa shape index (κ3) is 4.63. The molecule has 0 aromatic heterocycles. The van der Waals surface area contributed by atoms with Crippen molar-refractivity contribution in [2.75, 3.05) is 27.2 Å². The maximum absolute atomic E-state index is 3.44. The summed E-state index contributed by atoms with van der Waals surface area (Å²) in [7, 11) is 4.34. The third-order valence-electron chi connectivity index (χ3n) is 4.39. The fourth-order valence-corrected chi connectivity index (χ4v) is 3.24. The fourth-order valence-electron chi connectivity index (χ4n) is 3.24. The van der Waals surface area contributed by atoms with Crippen molar-refractivity contribution in [2.45, 2.75) is 38.1 Å². The topological polar surface area (TPSA) is 15.3 Å². The van der Waals surface area contributed by atoms with E-state index in [2.05, 4.69) is 54.6 Å². The molecule has 1 aromatic carbocycles. The zero-order chi connectivity index (χ0) is 13.5. The molecule has 1 saturated carbocycles. The molecule has 0 bridgehead atoms. The van der Waals surface area contributed by atoms with E-state index in [0.717, 1.165) is 5.92 Å². The molecule has 1 aromatic rings. The molecular weight excluding hydrogens is 232 g/mol. The monoisotopic (exact) mass is 260 g/mol. The van der Waals surface area contributed by atoms with Gasteiger partial charge in [0.25, 0.3) is 0 Å².